The Balaban J connectivity index is -0.000000480. The van der Waals surface area contributed by atoms with Gasteiger partial charge in [0.15, 0.2) is 5.60 Å². The monoisotopic (exact) mass is 408 g/mol. The van der Waals surface area contributed by atoms with Gasteiger partial charge in [0, 0.05) is 0 Å². The van der Waals surface area contributed by atoms with Gasteiger partial charge in [-0.2, -0.15) is 0 Å². The average Bonchev–Trinajstić information content (AvgIpc) is 2.51. The summed E-state index contributed by atoms with van der Waals surface area (Å²) >= 11 is 0. The molecule has 27 heavy (non-hydrogen) atoms. The Labute approximate surface area is 208 Å². The smallest absolute Gasteiger partial charge is 1.00 e. The summed E-state index contributed by atoms with van der Waals surface area (Å²) in [6, 6.07) is 0. The van der Waals surface area contributed by atoms with Crippen molar-refractivity contribution in [2.24, 2.45) is 5.92 Å². The Hall–Kier alpha value is 0.370. The van der Waals surface area contributed by atoms with Crippen LogP contribution in [0.2, 0.25) is 0 Å². The predicted molar refractivity (Wildman–Crippen MR) is 94.6 cm³/mol. The molecule has 0 bridgehead atoms. The molecule has 9 heteroatoms. The number of unbranched alkanes of at least 4 members (excludes halogenated alkanes) is 9. The largest absolute Gasteiger partial charge is 1.00 e. The van der Waals surface area contributed by atoms with Crippen LogP contribution in [0.3, 0.4) is 0 Å². The first kappa shape index (κ1) is 32.0. The summed E-state index contributed by atoms with van der Waals surface area (Å²) in [6.07, 6.45) is 9.26. The fraction of sp³-hybridized carbons (Fsp3) is 0.833. The summed E-state index contributed by atoms with van der Waals surface area (Å²) in [4.78, 5) is 33.3. The molecule has 0 radical (unpaired) electrons. The molecule has 0 spiro atoms. The summed E-state index contributed by atoms with van der Waals surface area (Å²) in [5.41, 5.74) is -2.78. The third kappa shape index (κ3) is 14.1. The zero-order valence-electron chi connectivity index (χ0n) is 19.1. The van der Waals surface area contributed by atoms with Crippen LogP contribution >= 0.6 is 0 Å². The molecule has 150 valence electrons. The molecule has 0 aromatic carbocycles. The molecule has 0 aliphatic rings. The minimum Gasteiger partial charge on any atom is -1.00 e. The van der Waals surface area contributed by atoms with Crippen molar-refractivity contribution >= 4 is 17.9 Å². The number of hydrogen-bond acceptors (Lipinski definition) is 4. The molecule has 0 saturated carbocycles. The van der Waals surface area contributed by atoms with Crippen molar-refractivity contribution in [3.63, 3.8) is 0 Å². The summed E-state index contributed by atoms with van der Waals surface area (Å²) in [5, 5.41) is 37.1. The van der Waals surface area contributed by atoms with Crippen molar-refractivity contribution in [3.8, 4) is 0 Å². The minimum absolute atomic E-state index is 0. The molecule has 0 heterocycles. The van der Waals surface area contributed by atoms with E-state index in [9.17, 15) is 24.6 Å². The quantitative estimate of drug-likeness (QED) is 0.164. The van der Waals surface area contributed by atoms with Crippen LogP contribution in [-0.4, -0.2) is 43.9 Å². The van der Waals surface area contributed by atoms with Crippen molar-refractivity contribution in [1.82, 2.24) is 0 Å². The normalized spacial score (nSPS) is 13.6. The second kappa shape index (κ2) is 18.4. The molecule has 0 aliphatic heterocycles. The number of carbonyl (C=O) groups is 3. The molecule has 4 N–H and O–H groups in total. The molecule has 2 unspecified atom stereocenters. The van der Waals surface area contributed by atoms with Crippen LogP contribution < -0.4 is 59.1 Å². The number of rotatable bonds is 16. The zero-order valence-corrected chi connectivity index (χ0v) is 21.1. The summed E-state index contributed by atoms with van der Waals surface area (Å²) < 4.78 is 0. The standard InChI is InChI=1S/C18H32O7.2Na.2H/c1-2-3-4-5-6-7-8-9-10-11-12-14(16(21)22)18(25,17(23)24)13-15(19)20;;;;/h14,25H,2-13H2,1H3,(H,19,20)(H,21,22)(H,23,24);;;;/q;2*+1;2*-1. The molecule has 2 atom stereocenters. The van der Waals surface area contributed by atoms with Gasteiger partial charge >= 0.3 is 77.0 Å². The van der Waals surface area contributed by atoms with Crippen molar-refractivity contribution < 1.29 is 96.8 Å². The first-order valence-corrected chi connectivity index (χ1v) is 9.16. The molecule has 0 aliphatic carbocycles. The van der Waals surface area contributed by atoms with Crippen LogP contribution in [0.15, 0.2) is 0 Å². The second-order valence-corrected chi connectivity index (χ2v) is 6.66. The Kier molecular flexibility index (Phi) is 21.8. The predicted octanol–water partition coefficient (Wildman–Crippen LogP) is -2.48. The van der Waals surface area contributed by atoms with Crippen molar-refractivity contribution in [3.05, 3.63) is 0 Å². The molecule has 0 fully saturated rings. The van der Waals surface area contributed by atoms with Gasteiger partial charge in [0.2, 0.25) is 0 Å². The van der Waals surface area contributed by atoms with E-state index in [1.54, 1.807) is 0 Å². The molecule has 0 aromatic heterocycles. The van der Waals surface area contributed by atoms with Crippen molar-refractivity contribution in [1.29, 1.82) is 0 Å². The number of aliphatic hydroxyl groups is 1. The maximum atomic E-state index is 11.3. The van der Waals surface area contributed by atoms with Gasteiger partial charge in [-0.25, -0.2) is 4.79 Å². The van der Waals surface area contributed by atoms with E-state index in [4.69, 9.17) is 10.2 Å². The number of carboxylic acids is 3. The Morgan fingerprint density at radius 1 is 0.815 bits per heavy atom. The van der Waals surface area contributed by atoms with Gasteiger partial charge in [-0.15, -0.1) is 0 Å². The third-order valence-electron chi connectivity index (χ3n) is 4.51. The average molecular weight is 408 g/mol. The molecule has 7 nitrogen and oxygen atoms in total. The van der Waals surface area contributed by atoms with Crippen LogP contribution in [0.5, 0.6) is 0 Å². The molecular formula is C18H34Na2O7. The van der Waals surface area contributed by atoms with E-state index in [2.05, 4.69) is 6.92 Å². The zero-order chi connectivity index (χ0) is 19.3. The van der Waals surface area contributed by atoms with Crippen LogP contribution in [-0.2, 0) is 14.4 Å². The Morgan fingerprint density at radius 2 is 1.22 bits per heavy atom. The number of hydrogen-bond donors (Lipinski definition) is 4. The van der Waals surface area contributed by atoms with E-state index in [0.29, 0.717) is 6.42 Å². The van der Waals surface area contributed by atoms with Crippen LogP contribution in [0.1, 0.15) is 86.8 Å². The minimum atomic E-state index is -2.78. The van der Waals surface area contributed by atoms with Gasteiger partial charge in [0.05, 0.1) is 12.3 Å². The van der Waals surface area contributed by atoms with Crippen LogP contribution in [0.25, 0.3) is 0 Å². The molecular weight excluding hydrogens is 374 g/mol. The van der Waals surface area contributed by atoms with Crippen molar-refractivity contribution in [2.45, 2.75) is 89.6 Å². The summed E-state index contributed by atoms with van der Waals surface area (Å²) in [6.45, 7) is 2.17. The van der Waals surface area contributed by atoms with Gasteiger partial charge in [0.25, 0.3) is 0 Å². The SMILES string of the molecule is CCCCCCCCCCCCC(C(=O)O)C(O)(CC(=O)O)C(=O)O.[H-].[H-].[Na+].[Na+]. The maximum Gasteiger partial charge on any atom is 1.00 e. The van der Waals surface area contributed by atoms with Crippen LogP contribution in [0.4, 0.5) is 0 Å². The number of carboxylic acid groups (broad SMARTS) is 3. The number of aliphatic carboxylic acids is 3. The van der Waals surface area contributed by atoms with E-state index < -0.39 is 35.8 Å². The Bertz CT molecular complexity index is 442. The maximum absolute atomic E-state index is 11.3. The van der Waals surface area contributed by atoms with E-state index in [0.717, 1.165) is 25.7 Å². The van der Waals surface area contributed by atoms with Crippen molar-refractivity contribution in [2.75, 3.05) is 0 Å². The topological polar surface area (TPSA) is 132 Å². The molecule has 0 aromatic rings. The molecule has 0 amide bonds. The Morgan fingerprint density at radius 3 is 1.56 bits per heavy atom. The molecule has 0 saturated heterocycles. The van der Waals surface area contributed by atoms with E-state index in [1.165, 1.54) is 32.1 Å². The molecule has 0 rings (SSSR count). The van der Waals surface area contributed by atoms with Gasteiger partial charge in [-0.1, -0.05) is 71.1 Å². The van der Waals surface area contributed by atoms with Crippen LogP contribution in [0, 0.1) is 5.92 Å². The summed E-state index contributed by atoms with van der Waals surface area (Å²) in [5.74, 6) is -6.47. The fourth-order valence-electron chi connectivity index (χ4n) is 2.98. The van der Waals surface area contributed by atoms with Gasteiger partial charge in [-0.05, 0) is 6.42 Å². The first-order valence-electron chi connectivity index (χ1n) is 9.16. The van der Waals surface area contributed by atoms with E-state index in [-0.39, 0.29) is 68.4 Å². The van der Waals surface area contributed by atoms with Gasteiger partial charge in [-0.3, -0.25) is 9.59 Å². The summed E-state index contributed by atoms with van der Waals surface area (Å²) in [7, 11) is 0. The van der Waals surface area contributed by atoms with Gasteiger partial charge < -0.3 is 23.3 Å². The third-order valence-corrected chi connectivity index (χ3v) is 4.51. The van der Waals surface area contributed by atoms with Gasteiger partial charge in [0.1, 0.15) is 0 Å². The first-order chi connectivity index (χ1) is 11.8. The fourth-order valence-corrected chi connectivity index (χ4v) is 2.98. The van der Waals surface area contributed by atoms with E-state index in [1.807, 2.05) is 0 Å². The van der Waals surface area contributed by atoms with E-state index >= 15 is 0 Å². The second-order valence-electron chi connectivity index (χ2n) is 6.66.